The largest absolute Gasteiger partial charge is 0.434 e. The zero-order valence-corrected chi connectivity index (χ0v) is 4.77. The van der Waals surface area contributed by atoms with Crippen molar-refractivity contribution >= 4 is 18.3 Å². The Morgan fingerprint density at radius 1 is 1.71 bits per heavy atom. The lowest BCUT2D eigenvalue weighted by Crippen LogP contribution is -1.61. The Balaban J connectivity index is 2.92. The van der Waals surface area contributed by atoms with Crippen molar-refractivity contribution in [1.29, 1.82) is 0 Å². The van der Waals surface area contributed by atoms with Crippen molar-refractivity contribution in [1.82, 2.24) is 0 Å². The molecule has 3 heteroatoms. The van der Waals surface area contributed by atoms with E-state index in [0.29, 0.717) is 6.29 Å². The van der Waals surface area contributed by atoms with Crippen LogP contribution in [0, 0.1) is 0 Å². The van der Waals surface area contributed by atoms with Gasteiger partial charge in [-0.15, -0.1) is 0 Å². The van der Waals surface area contributed by atoms with Gasteiger partial charge in [0.15, 0.2) is 0 Å². The smallest absolute Gasteiger partial charge is 0.145 e. The summed E-state index contributed by atoms with van der Waals surface area (Å²) in [6, 6.07) is 0. The molecule has 0 aliphatic carbocycles. The highest BCUT2D eigenvalue weighted by Gasteiger charge is 1.65. The lowest BCUT2D eigenvalue weighted by molar-refractivity contribution is -0.104. The van der Waals surface area contributed by atoms with Gasteiger partial charge in [0.25, 0.3) is 0 Å². The molecule has 0 bridgehead atoms. The van der Waals surface area contributed by atoms with Gasteiger partial charge in [-0.3, -0.25) is 4.79 Å². The van der Waals surface area contributed by atoms with Crippen LogP contribution < -0.4 is 0 Å². The van der Waals surface area contributed by atoms with Gasteiger partial charge < -0.3 is 4.18 Å². The Bertz CT molecular complexity index is 70.1. The highest BCUT2D eigenvalue weighted by molar-refractivity contribution is 7.94. The van der Waals surface area contributed by atoms with Gasteiger partial charge in [0, 0.05) is 12.3 Å². The standard InChI is InChI=1S/C4H6O2S/c1-7-6-4-2-3-5/h2-4H,1H3. The van der Waals surface area contributed by atoms with Gasteiger partial charge in [0.1, 0.15) is 12.5 Å². The van der Waals surface area contributed by atoms with Crippen LogP contribution in [0.15, 0.2) is 12.3 Å². The second-order valence-corrected chi connectivity index (χ2v) is 1.25. The molecule has 0 aliphatic rings. The lowest BCUT2D eigenvalue weighted by atomic mass is 10.7. The van der Waals surface area contributed by atoms with Gasteiger partial charge in [-0.2, -0.15) is 0 Å². The van der Waals surface area contributed by atoms with Crippen LogP contribution in [0.2, 0.25) is 0 Å². The van der Waals surface area contributed by atoms with Crippen molar-refractivity contribution in [3.63, 3.8) is 0 Å². The van der Waals surface area contributed by atoms with Crippen molar-refractivity contribution in [3.8, 4) is 0 Å². The molecule has 0 unspecified atom stereocenters. The molecule has 0 aliphatic heterocycles. The number of carbonyl (C=O) groups is 1. The maximum Gasteiger partial charge on any atom is 0.145 e. The van der Waals surface area contributed by atoms with E-state index >= 15 is 0 Å². The molecular weight excluding hydrogens is 112 g/mol. The fraction of sp³-hybridized carbons (Fsp3) is 0.250. The van der Waals surface area contributed by atoms with E-state index in [9.17, 15) is 4.79 Å². The predicted octanol–water partition coefficient (Wildman–Crippen LogP) is 0.994. The van der Waals surface area contributed by atoms with Gasteiger partial charge in [-0.25, -0.2) is 0 Å². The number of rotatable bonds is 3. The minimum absolute atomic E-state index is 0.663. The number of aldehydes is 1. The second kappa shape index (κ2) is 5.56. The molecule has 0 aromatic heterocycles. The van der Waals surface area contributed by atoms with Crippen LogP contribution in [0.1, 0.15) is 0 Å². The quantitative estimate of drug-likeness (QED) is 0.239. The van der Waals surface area contributed by atoms with E-state index in [1.165, 1.54) is 24.4 Å². The zero-order chi connectivity index (χ0) is 5.54. The Hall–Kier alpha value is -0.440. The summed E-state index contributed by atoms with van der Waals surface area (Å²) in [5.41, 5.74) is 0. The molecule has 0 fully saturated rings. The van der Waals surface area contributed by atoms with Gasteiger partial charge in [-0.1, -0.05) is 0 Å². The van der Waals surface area contributed by atoms with Crippen molar-refractivity contribution in [2.45, 2.75) is 0 Å². The molecule has 0 saturated carbocycles. The molecule has 7 heavy (non-hydrogen) atoms. The molecule has 0 heterocycles. The van der Waals surface area contributed by atoms with Crippen molar-refractivity contribution in [3.05, 3.63) is 12.3 Å². The Morgan fingerprint density at radius 2 is 2.43 bits per heavy atom. The second-order valence-electron chi connectivity index (χ2n) is 0.728. The van der Waals surface area contributed by atoms with Gasteiger partial charge in [-0.05, 0) is 0 Å². The minimum atomic E-state index is 0.663. The van der Waals surface area contributed by atoms with Crippen LogP contribution in [-0.4, -0.2) is 12.5 Å². The number of allylic oxidation sites excluding steroid dienone is 1. The summed E-state index contributed by atoms with van der Waals surface area (Å²) < 4.78 is 4.58. The van der Waals surface area contributed by atoms with Gasteiger partial charge >= 0.3 is 0 Å². The zero-order valence-electron chi connectivity index (χ0n) is 3.96. The summed E-state index contributed by atoms with van der Waals surface area (Å²) in [7, 11) is 0. The molecule has 0 aromatic carbocycles. The number of carbonyl (C=O) groups excluding carboxylic acids is 1. The molecule has 0 aromatic rings. The van der Waals surface area contributed by atoms with Gasteiger partial charge in [0.05, 0.1) is 12.0 Å². The van der Waals surface area contributed by atoms with Crippen molar-refractivity contribution in [2.75, 3.05) is 6.26 Å². The summed E-state index contributed by atoms with van der Waals surface area (Å²) in [6.07, 6.45) is 5.06. The molecular formula is C4H6O2S. The van der Waals surface area contributed by atoms with E-state index < -0.39 is 0 Å². The van der Waals surface area contributed by atoms with Crippen molar-refractivity contribution in [2.24, 2.45) is 0 Å². The molecule has 0 N–H and O–H groups in total. The van der Waals surface area contributed by atoms with Crippen LogP contribution in [0.25, 0.3) is 0 Å². The first-order chi connectivity index (χ1) is 3.41. The van der Waals surface area contributed by atoms with E-state index in [0.717, 1.165) is 0 Å². The number of hydrogen-bond acceptors (Lipinski definition) is 3. The SMILES string of the molecule is CSOC=CC=O. The third-order valence-corrected chi connectivity index (χ3v) is 0.612. The maximum atomic E-state index is 9.50. The van der Waals surface area contributed by atoms with Crippen LogP contribution in [0.4, 0.5) is 0 Å². The van der Waals surface area contributed by atoms with Crippen LogP contribution in [0.3, 0.4) is 0 Å². The molecule has 0 radical (unpaired) electrons. The Labute approximate surface area is 46.8 Å². The maximum absolute atomic E-state index is 9.50. The summed E-state index contributed by atoms with van der Waals surface area (Å²) in [5.74, 6) is 0. The highest BCUT2D eigenvalue weighted by atomic mass is 32.2. The summed E-state index contributed by atoms with van der Waals surface area (Å²) in [5, 5.41) is 0. The average molecular weight is 118 g/mol. The number of hydrogen-bond donors (Lipinski definition) is 0. The molecule has 40 valence electrons. The van der Waals surface area contributed by atoms with E-state index in [2.05, 4.69) is 4.18 Å². The first kappa shape index (κ1) is 6.56. The highest BCUT2D eigenvalue weighted by Crippen LogP contribution is 1.92. The Morgan fingerprint density at radius 3 is 2.86 bits per heavy atom. The van der Waals surface area contributed by atoms with E-state index in [1.54, 1.807) is 6.26 Å². The summed E-state index contributed by atoms with van der Waals surface area (Å²) in [6.45, 7) is 0. The molecule has 0 saturated heterocycles. The topological polar surface area (TPSA) is 26.3 Å². The van der Waals surface area contributed by atoms with E-state index in [-0.39, 0.29) is 0 Å². The Kier molecular flexibility index (Phi) is 5.21. The average Bonchev–Trinajstić information content (AvgIpc) is 1.69. The van der Waals surface area contributed by atoms with Crippen LogP contribution in [-0.2, 0) is 8.98 Å². The molecule has 0 amide bonds. The predicted molar refractivity (Wildman–Crippen MR) is 29.8 cm³/mol. The fourth-order valence-corrected chi connectivity index (χ4v) is 0.295. The summed E-state index contributed by atoms with van der Waals surface area (Å²) in [4.78, 5) is 9.50. The normalized spacial score (nSPS) is 9.29. The first-order valence-corrected chi connectivity index (χ1v) is 2.86. The van der Waals surface area contributed by atoms with Gasteiger partial charge in [0.2, 0.25) is 0 Å². The van der Waals surface area contributed by atoms with Crippen molar-refractivity contribution < 1.29 is 8.98 Å². The lowest BCUT2D eigenvalue weighted by Gasteiger charge is -1.83. The molecule has 0 spiro atoms. The van der Waals surface area contributed by atoms with E-state index in [1.807, 2.05) is 0 Å². The monoisotopic (exact) mass is 118 g/mol. The summed E-state index contributed by atoms with van der Waals surface area (Å²) >= 11 is 1.20. The van der Waals surface area contributed by atoms with Crippen LogP contribution in [0.5, 0.6) is 0 Å². The third-order valence-electron chi connectivity index (χ3n) is 0.309. The molecule has 2 nitrogen and oxygen atoms in total. The third kappa shape index (κ3) is 5.56. The first-order valence-electron chi connectivity index (χ1n) is 1.71. The van der Waals surface area contributed by atoms with E-state index in [4.69, 9.17) is 0 Å². The minimum Gasteiger partial charge on any atom is -0.434 e. The fourth-order valence-electron chi connectivity index (χ4n) is 0.120. The van der Waals surface area contributed by atoms with Crippen LogP contribution >= 0.6 is 12.0 Å². The molecule has 0 atom stereocenters. The molecule has 0 rings (SSSR count).